The van der Waals surface area contributed by atoms with Crippen LogP contribution in [0.5, 0.6) is 11.5 Å². The predicted molar refractivity (Wildman–Crippen MR) is 156 cm³/mol. The topological polar surface area (TPSA) is 156 Å². The number of nitrogen functional groups attached to an aromatic ring is 2. The lowest BCUT2D eigenvalue weighted by Crippen LogP contribution is -2.22. The Kier molecular flexibility index (Phi) is 7.79. The lowest BCUT2D eigenvalue weighted by molar-refractivity contribution is 0.0694. The summed E-state index contributed by atoms with van der Waals surface area (Å²) in [5.74, 6) is 6.56. The molecule has 10 heteroatoms. The van der Waals surface area contributed by atoms with Gasteiger partial charge in [-0.25, -0.2) is 9.78 Å². The van der Waals surface area contributed by atoms with Crippen LogP contribution >= 0.6 is 0 Å². The van der Waals surface area contributed by atoms with Crippen molar-refractivity contribution in [3.05, 3.63) is 80.8 Å². The van der Waals surface area contributed by atoms with Gasteiger partial charge in [0, 0.05) is 41.4 Å². The Labute approximate surface area is 236 Å². The lowest BCUT2D eigenvalue weighted by Gasteiger charge is -2.26. The van der Waals surface area contributed by atoms with E-state index < -0.39 is 11.4 Å². The molecule has 10 nitrogen and oxygen atoms in total. The minimum absolute atomic E-state index is 0.105. The van der Waals surface area contributed by atoms with E-state index in [0.717, 1.165) is 37.7 Å². The molecule has 41 heavy (non-hydrogen) atoms. The molecule has 0 aliphatic heterocycles. The van der Waals surface area contributed by atoms with Gasteiger partial charge in [-0.3, -0.25) is 4.79 Å². The zero-order valence-corrected chi connectivity index (χ0v) is 22.9. The highest BCUT2D eigenvalue weighted by Gasteiger charge is 2.21. The van der Waals surface area contributed by atoms with Crippen molar-refractivity contribution in [3.63, 3.8) is 0 Å². The molecule has 0 saturated heterocycles. The molecule has 5 N–H and O–H groups in total. The Balaban J connectivity index is 1.59. The van der Waals surface area contributed by atoms with Crippen molar-refractivity contribution in [1.29, 1.82) is 0 Å². The normalized spacial score (nSPS) is 13.4. The summed E-state index contributed by atoms with van der Waals surface area (Å²) >= 11 is 0. The number of aromatic carboxylic acids is 1. The molecule has 4 aromatic rings. The summed E-state index contributed by atoms with van der Waals surface area (Å²) in [4.78, 5) is 32.9. The van der Waals surface area contributed by atoms with Crippen LogP contribution < -0.4 is 26.4 Å². The summed E-state index contributed by atoms with van der Waals surface area (Å²) in [7, 11) is 3.10. The maximum Gasteiger partial charge on any atom is 0.341 e. The second-order valence-electron chi connectivity index (χ2n) is 10.1. The molecule has 1 saturated carbocycles. The van der Waals surface area contributed by atoms with Gasteiger partial charge in [-0.2, -0.15) is 4.98 Å². The highest BCUT2D eigenvalue weighted by molar-refractivity contribution is 5.93. The highest BCUT2D eigenvalue weighted by atomic mass is 16.5. The van der Waals surface area contributed by atoms with Gasteiger partial charge >= 0.3 is 5.97 Å². The van der Waals surface area contributed by atoms with Gasteiger partial charge in [0.05, 0.1) is 25.3 Å². The average Bonchev–Trinajstić information content (AvgIpc) is 2.97. The molecule has 1 aliphatic rings. The number of carboxylic acids is 1. The molecule has 0 radical (unpaired) electrons. The molecule has 0 bridgehead atoms. The van der Waals surface area contributed by atoms with Crippen molar-refractivity contribution in [3.8, 4) is 23.3 Å². The Morgan fingerprint density at radius 3 is 2.56 bits per heavy atom. The minimum atomic E-state index is -1.22. The summed E-state index contributed by atoms with van der Waals surface area (Å²) < 4.78 is 13.2. The lowest BCUT2D eigenvalue weighted by atomic mass is 9.94. The van der Waals surface area contributed by atoms with Crippen molar-refractivity contribution in [2.24, 2.45) is 0 Å². The van der Waals surface area contributed by atoms with E-state index in [1.807, 2.05) is 22.8 Å². The van der Waals surface area contributed by atoms with Crippen LogP contribution in [0.2, 0.25) is 0 Å². The number of fused-ring (bicyclic) bond motifs is 1. The van der Waals surface area contributed by atoms with Gasteiger partial charge in [0.15, 0.2) is 11.5 Å². The maximum atomic E-state index is 13.0. The molecule has 2 aromatic carbocycles. The van der Waals surface area contributed by atoms with E-state index in [2.05, 4.69) is 21.8 Å². The number of ether oxygens (including phenoxy) is 2. The van der Waals surface area contributed by atoms with E-state index in [-0.39, 0.29) is 17.6 Å². The molecular weight excluding hydrogens is 522 g/mol. The molecule has 0 unspecified atom stereocenters. The number of carboxylic acid groups (broad SMARTS) is 1. The van der Waals surface area contributed by atoms with E-state index in [1.165, 1.54) is 6.20 Å². The number of anilines is 2. The predicted octanol–water partition coefficient (Wildman–Crippen LogP) is 4.17. The summed E-state index contributed by atoms with van der Waals surface area (Å²) in [6.07, 6.45) is 8.65. The monoisotopic (exact) mass is 553 g/mol. The van der Waals surface area contributed by atoms with Gasteiger partial charge in [0.2, 0.25) is 11.4 Å². The van der Waals surface area contributed by atoms with Crippen LogP contribution in [0.15, 0.2) is 47.5 Å². The Morgan fingerprint density at radius 2 is 1.88 bits per heavy atom. The van der Waals surface area contributed by atoms with Crippen molar-refractivity contribution >= 4 is 28.6 Å². The van der Waals surface area contributed by atoms with Gasteiger partial charge in [-0.1, -0.05) is 31.1 Å². The van der Waals surface area contributed by atoms with Gasteiger partial charge in [-0.05, 0) is 48.7 Å². The third-order valence-electron chi connectivity index (χ3n) is 7.42. The number of rotatable bonds is 6. The quantitative estimate of drug-likeness (QED) is 0.298. The third-order valence-corrected chi connectivity index (χ3v) is 7.42. The molecule has 0 spiro atoms. The first kappa shape index (κ1) is 27.5. The van der Waals surface area contributed by atoms with Gasteiger partial charge in [-0.15, -0.1) is 0 Å². The van der Waals surface area contributed by atoms with Crippen molar-refractivity contribution in [2.75, 3.05) is 25.7 Å². The molecule has 1 aliphatic carbocycles. The Bertz CT molecular complexity index is 1760. The number of nitrogens with zero attached hydrogens (tertiary/aromatic N) is 3. The van der Waals surface area contributed by atoms with Crippen LogP contribution in [0, 0.1) is 11.8 Å². The fraction of sp³-hybridized carbons (Fsp3) is 0.290. The molecule has 5 rings (SSSR count). The SMILES string of the molecule is COc1cc(Cc2cnc(N)nc2N)cc(C#Cc2ccc3c(=O)c(C(=O)O)cn(C4CCCCC4)c3c2)c1OC. The van der Waals surface area contributed by atoms with Crippen LogP contribution in [0.25, 0.3) is 10.9 Å². The zero-order valence-electron chi connectivity index (χ0n) is 22.9. The largest absolute Gasteiger partial charge is 0.493 e. The van der Waals surface area contributed by atoms with E-state index in [0.29, 0.717) is 51.3 Å². The Morgan fingerprint density at radius 1 is 1.10 bits per heavy atom. The van der Waals surface area contributed by atoms with E-state index in [4.69, 9.17) is 20.9 Å². The Hall–Kier alpha value is -5.04. The molecule has 0 atom stereocenters. The van der Waals surface area contributed by atoms with Crippen LogP contribution in [0.3, 0.4) is 0 Å². The smallest absolute Gasteiger partial charge is 0.341 e. The number of nitrogens with two attached hydrogens (primary N) is 2. The van der Waals surface area contributed by atoms with Gasteiger partial charge in [0.25, 0.3) is 0 Å². The molecule has 0 amide bonds. The van der Waals surface area contributed by atoms with Crippen LogP contribution in [-0.4, -0.2) is 39.8 Å². The first-order chi connectivity index (χ1) is 19.8. The second kappa shape index (κ2) is 11.6. The second-order valence-corrected chi connectivity index (χ2v) is 10.1. The van der Waals surface area contributed by atoms with E-state index >= 15 is 0 Å². The summed E-state index contributed by atoms with van der Waals surface area (Å²) in [5, 5.41) is 10.0. The molecular formula is C31H31N5O5. The first-order valence-electron chi connectivity index (χ1n) is 13.3. The number of methoxy groups -OCH3 is 2. The fourth-order valence-corrected chi connectivity index (χ4v) is 5.39. The number of hydrogen-bond acceptors (Lipinski definition) is 8. The average molecular weight is 554 g/mol. The highest BCUT2D eigenvalue weighted by Crippen LogP contribution is 2.34. The summed E-state index contributed by atoms with van der Waals surface area (Å²) in [6, 6.07) is 9.10. The zero-order chi connectivity index (χ0) is 29.1. The van der Waals surface area contributed by atoms with E-state index in [1.54, 1.807) is 32.5 Å². The van der Waals surface area contributed by atoms with Crippen LogP contribution in [-0.2, 0) is 6.42 Å². The third kappa shape index (κ3) is 5.65. The number of carbonyl (C=O) groups is 1. The van der Waals surface area contributed by atoms with Crippen molar-refractivity contribution < 1.29 is 19.4 Å². The van der Waals surface area contributed by atoms with Gasteiger partial charge < -0.3 is 30.6 Å². The van der Waals surface area contributed by atoms with Gasteiger partial charge in [0.1, 0.15) is 11.4 Å². The van der Waals surface area contributed by atoms with Crippen LogP contribution in [0.1, 0.15) is 70.8 Å². The number of pyridine rings is 1. The number of aromatic nitrogens is 3. The van der Waals surface area contributed by atoms with Crippen LogP contribution in [0.4, 0.5) is 11.8 Å². The number of benzene rings is 2. The number of hydrogen-bond donors (Lipinski definition) is 3. The molecule has 2 aromatic heterocycles. The maximum absolute atomic E-state index is 13.0. The fourth-order valence-electron chi connectivity index (χ4n) is 5.39. The molecule has 2 heterocycles. The molecule has 1 fully saturated rings. The van der Waals surface area contributed by atoms with E-state index in [9.17, 15) is 14.7 Å². The van der Waals surface area contributed by atoms with Crippen molar-refractivity contribution in [1.82, 2.24) is 14.5 Å². The minimum Gasteiger partial charge on any atom is -0.493 e. The first-order valence-corrected chi connectivity index (χ1v) is 13.3. The van der Waals surface area contributed by atoms with Crippen molar-refractivity contribution in [2.45, 2.75) is 44.6 Å². The standard InChI is InChI=1S/C31H31N5O5/c1-40-26-15-19(13-21-16-34-31(33)35-29(21)32)12-20(28(26)41-2)10-8-18-9-11-23-25(14-18)36(22-6-4-3-5-7-22)17-24(27(23)37)30(38)39/h9,11-12,14-17,22H,3-7,13H2,1-2H3,(H,38,39)(H4,32,33,34,35). The molecule has 210 valence electrons. The summed E-state index contributed by atoms with van der Waals surface area (Å²) in [5.41, 5.74) is 14.5. The summed E-state index contributed by atoms with van der Waals surface area (Å²) in [6.45, 7) is 0.